The van der Waals surface area contributed by atoms with Gasteiger partial charge in [0.05, 0.1) is 24.1 Å². The van der Waals surface area contributed by atoms with Gasteiger partial charge in [-0.1, -0.05) is 32.0 Å². The highest BCUT2D eigenvalue weighted by molar-refractivity contribution is 7.91. The SMILES string of the molecule is COC[C@H]1CN(C(=O)OC(C)(C)C)[C@H](C)CN1CC(=O)N1CC(C)(C)c2cc(F)c(S(=O)(=O)c3ccccc3)cc21. The first kappa shape index (κ1) is 30.9. The quantitative estimate of drug-likeness (QED) is 0.497. The number of hydrogen-bond donors (Lipinski definition) is 0. The highest BCUT2D eigenvalue weighted by atomic mass is 32.2. The van der Waals surface area contributed by atoms with Crippen LogP contribution in [0.15, 0.2) is 52.3 Å². The Hall–Kier alpha value is -3.02. The van der Waals surface area contributed by atoms with Crippen LogP contribution < -0.4 is 4.90 Å². The Balaban J connectivity index is 1.61. The molecule has 1 saturated heterocycles. The number of fused-ring (bicyclic) bond motifs is 1. The van der Waals surface area contributed by atoms with Crippen molar-refractivity contribution in [2.75, 3.05) is 44.8 Å². The minimum absolute atomic E-state index is 0.0202. The van der Waals surface area contributed by atoms with Crippen LogP contribution in [0, 0.1) is 5.82 Å². The first-order chi connectivity index (χ1) is 19.0. The first-order valence-corrected chi connectivity index (χ1v) is 15.2. The second-order valence-electron chi connectivity index (χ2n) is 12.5. The van der Waals surface area contributed by atoms with Crippen molar-refractivity contribution in [3.05, 3.63) is 53.8 Å². The van der Waals surface area contributed by atoms with E-state index in [2.05, 4.69) is 0 Å². The normalized spacial score (nSPS) is 21.1. The van der Waals surface area contributed by atoms with Crippen LogP contribution in [0.1, 0.15) is 47.1 Å². The molecule has 0 aromatic heterocycles. The number of nitrogens with zero attached hydrogens (tertiary/aromatic N) is 3. The number of benzene rings is 2. The molecule has 1 fully saturated rings. The maximum absolute atomic E-state index is 15.3. The van der Waals surface area contributed by atoms with E-state index in [1.165, 1.54) is 24.3 Å². The molecule has 0 aliphatic carbocycles. The summed E-state index contributed by atoms with van der Waals surface area (Å²) in [6, 6.07) is 9.74. The Labute approximate surface area is 242 Å². The van der Waals surface area contributed by atoms with Crippen LogP contribution in [0.3, 0.4) is 0 Å². The van der Waals surface area contributed by atoms with Gasteiger partial charge in [0, 0.05) is 43.9 Å². The largest absolute Gasteiger partial charge is 0.444 e. The van der Waals surface area contributed by atoms with E-state index in [0.717, 1.165) is 0 Å². The number of amides is 2. The zero-order valence-corrected chi connectivity index (χ0v) is 25.6. The molecule has 0 unspecified atom stereocenters. The highest BCUT2D eigenvalue weighted by Crippen LogP contribution is 2.43. The van der Waals surface area contributed by atoms with Crippen molar-refractivity contribution >= 4 is 27.5 Å². The molecule has 9 nitrogen and oxygen atoms in total. The fourth-order valence-corrected chi connectivity index (χ4v) is 6.87. The molecule has 2 atom stereocenters. The third-order valence-electron chi connectivity index (χ3n) is 7.55. The molecule has 224 valence electrons. The molecule has 0 bridgehead atoms. The van der Waals surface area contributed by atoms with Gasteiger partial charge in [0.15, 0.2) is 0 Å². The smallest absolute Gasteiger partial charge is 0.410 e. The van der Waals surface area contributed by atoms with Crippen LogP contribution in [0.5, 0.6) is 0 Å². The topological polar surface area (TPSA) is 96.5 Å². The number of piperazine rings is 1. The number of carbonyl (C=O) groups excluding carboxylic acids is 2. The van der Waals surface area contributed by atoms with Crippen molar-refractivity contribution in [3.8, 4) is 0 Å². The van der Waals surface area contributed by atoms with Crippen molar-refractivity contribution < 1.29 is 31.9 Å². The third kappa shape index (κ3) is 6.42. The van der Waals surface area contributed by atoms with E-state index < -0.39 is 37.7 Å². The lowest BCUT2D eigenvalue weighted by Gasteiger charge is -2.45. The van der Waals surface area contributed by atoms with Crippen LogP contribution >= 0.6 is 0 Å². The first-order valence-electron chi connectivity index (χ1n) is 13.7. The summed E-state index contributed by atoms with van der Waals surface area (Å²) in [5.74, 6) is -1.09. The molecule has 2 aliphatic heterocycles. The van der Waals surface area contributed by atoms with Gasteiger partial charge in [0.1, 0.15) is 16.3 Å². The van der Waals surface area contributed by atoms with E-state index in [-0.39, 0.29) is 36.0 Å². The minimum Gasteiger partial charge on any atom is -0.444 e. The molecule has 2 heterocycles. The molecule has 11 heteroatoms. The zero-order valence-electron chi connectivity index (χ0n) is 24.8. The van der Waals surface area contributed by atoms with Crippen molar-refractivity contribution in [1.82, 2.24) is 9.80 Å². The van der Waals surface area contributed by atoms with Gasteiger partial charge in [-0.3, -0.25) is 9.69 Å². The number of ether oxygens (including phenoxy) is 2. The molecule has 2 aromatic carbocycles. The number of methoxy groups -OCH3 is 1. The van der Waals surface area contributed by atoms with Crippen molar-refractivity contribution in [1.29, 1.82) is 0 Å². The molecule has 2 aliphatic rings. The van der Waals surface area contributed by atoms with Gasteiger partial charge in [0.25, 0.3) is 0 Å². The summed E-state index contributed by atoms with van der Waals surface area (Å²) in [7, 11) is -2.58. The van der Waals surface area contributed by atoms with Crippen molar-refractivity contribution in [3.63, 3.8) is 0 Å². The number of sulfone groups is 1. The van der Waals surface area contributed by atoms with Gasteiger partial charge in [-0.15, -0.1) is 0 Å². The van der Waals surface area contributed by atoms with Gasteiger partial charge in [0.2, 0.25) is 15.7 Å². The predicted molar refractivity (Wildman–Crippen MR) is 153 cm³/mol. The zero-order chi connectivity index (χ0) is 30.3. The monoisotopic (exact) mass is 589 g/mol. The van der Waals surface area contributed by atoms with Crippen LogP contribution in [-0.2, 0) is 29.5 Å². The maximum Gasteiger partial charge on any atom is 0.410 e. The molecular weight excluding hydrogens is 549 g/mol. The lowest BCUT2D eigenvalue weighted by molar-refractivity contribution is -0.121. The summed E-state index contributed by atoms with van der Waals surface area (Å²) in [4.78, 5) is 31.4. The van der Waals surface area contributed by atoms with E-state index in [1.54, 1.807) is 35.1 Å². The molecule has 0 saturated carbocycles. The Kier molecular flexibility index (Phi) is 8.55. The Morgan fingerprint density at radius 1 is 1.10 bits per heavy atom. The van der Waals surface area contributed by atoms with Crippen LogP contribution in [0.4, 0.5) is 14.9 Å². The summed E-state index contributed by atoms with van der Waals surface area (Å²) in [6.07, 6.45) is -0.415. The fraction of sp³-hybridized carbons (Fsp3) is 0.533. The minimum atomic E-state index is -4.14. The van der Waals surface area contributed by atoms with Gasteiger partial charge in [-0.2, -0.15) is 0 Å². The molecule has 0 radical (unpaired) electrons. The Morgan fingerprint density at radius 2 is 1.76 bits per heavy atom. The summed E-state index contributed by atoms with van der Waals surface area (Å²) < 4.78 is 53.0. The number of carbonyl (C=O) groups is 2. The molecule has 4 rings (SSSR count). The van der Waals surface area contributed by atoms with E-state index in [1.807, 2.05) is 46.4 Å². The van der Waals surface area contributed by atoms with Gasteiger partial charge in [-0.05, 0) is 57.5 Å². The molecule has 0 N–H and O–H groups in total. The van der Waals surface area contributed by atoms with E-state index in [9.17, 15) is 18.0 Å². The van der Waals surface area contributed by atoms with Crippen LogP contribution in [0.2, 0.25) is 0 Å². The Bertz CT molecular complexity index is 1410. The summed E-state index contributed by atoms with van der Waals surface area (Å²) in [5.41, 5.74) is -0.259. The average molecular weight is 590 g/mol. The molecule has 2 aromatic rings. The van der Waals surface area contributed by atoms with Crippen molar-refractivity contribution in [2.45, 2.75) is 74.4 Å². The Morgan fingerprint density at radius 3 is 2.37 bits per heavy atom. The average Bonchev–Trinajstić information content (AvgIpc) is 3.14. The lowest BCUT2D eigenvalue weighted by Crippen LogP contribution is -2.62. The van der Waals surface area contributed by atoms with Crippen molar-refractivity contribution in [2.24, 2.45) is 0 Å². The van der Waals surface area contributed by atoms with Gasteiger partial charge >= 0.3 is 6.09 Å². The van der Waals surface area contributed by atoms with Gasteiger partial charge < -0.3 is 19.3 Å². The van der Waals surface area contributed by atoms with Crippen LogP contribution in [0.25, 0.3) is 0 Å². The second-order valence-corrected chi connectivity index (χ2v) is 14.4. The molecule has 2 amide bonds. The van der Waals surface area contributed by atoms with E-state index >= 15 is 4.39 Å². The van der Waals surface area contributed by atoms with E-state index in [4.69, 9.17) is 9.47 Å². The second kappa shape index (κ2) is 11.3. The summed E-state index contributed by atoms with van der Waals surface area (Å²) >= 11 is 0. The number of anilines is 1. The number of hydrogen-bond acceptors (Lipinski definition) is 7. The molecule has 0 spiro atoms. The number of rotatable bonds is 6. The van der Waals surface area contributed by atoms with Crippen LogP contribution in [-0.4, -0.2) is 87.8 Å². The summed E-state index contributed by atoms with van der Waals surface area (Å²) in [5, 5.41) is 0. The summed E-state index contributed by atoms with van der Waals surface area (Å²) in [6.45, 7) is 12.5. The maximum atomic E-state index is 15.3. The fourth-order valence-electron chi connectivity index (χ4n) is 5.52. The molecule has 41 heavy (non-hydrogen) atoms. The van der Waals surface area contributed by atoms with E-state index in [0.29, 0.717) is 30.9 Å². The third-order valence-corrected chi connectivity index (χ3v) is 9.33. The predicted octanol–water partition coefficient (Wildman–Crippen LogP) is 4.24. The molecular formula is C30H40FN3O6S. The van der Waals surface area contributed by atoms with Gasteiger partial charge in [-0.25, -0.2) is 17.6 Å². The lowest BCUT2D eigenvalue weighted by atomic mass is 9.87. The number of halogens is 1. The standard InChI is InChI=1S/C30H40FN3O6S/c1-20-15-32(21(18-39-7)16-33(20)28(36)40-29(2,3)4)17-27(35)34-19-30(5,6)23-13-24(31)26(14-25(23)34)41(37,38)22-11-9-8-10-12-22/h8-14,20-21H,15-19H2,1-7H3/t20-,21-/m1/s1. The highest BCUT2D eigenvalue weighted by Gasteiger charge is 2.42.